The highest BCUT2D eigenvalue weighted by atomic mass is 16.2. The molecule has 0 bridgehead atoms. The van der Waals surface area contributed by atoms with E-state index in [0.717, 1.165) is 37.9 Å². The molecule has 0 atom stereocenters. The number of nitrogens with one attached hydrogen (secondary N) is 2. The van der Waals surface area contributed by atoms with Crippen LogP contribution in [0.25, 0.3) is 0 Å². The highest BCUT2D eigenvalue weighted by molar-refractivity contribution is 5.90. The summed E-state index contributed by atoms with van der Waals surface area (Å²) in [6, 6.07) is 0. The number of carbonyl (C=O) groups excluding carboxylic acids is 1. The molecular weight excluding hydrogens is 220 g/mol. The molecule has 0 aliphatic carbocycles. The predicted molar refractivity (Wildman–Crippen MR) is 63.6 cm³/mol. The Hall–Kier alpha value is -1.43. The lowest BCUT2D eigenvalue weighted by Gasteiger charge is -2.01. The first kappa shape index (κ1) is 13.6. The fourth-order valence-corrected chi connectivity index (χ4v) is 1.44. The molecule has 6 nitrogen and oxygen atoms in total. The minimum absolute atomic E-state index is 0.204. The fraction of sp³-hybridized carbons (Fsp3) is 0.727. The van der Waals surface area contributed by atoms with Crippen LogP contribution in [-0.2, 0) is 6.42 Å². The molecule has 0 aliphatic rings. The van der Waals surface area contributed by atoms with Gasteiger partial charge in [-0.2, -0.15) is 0 Å². The van der Waals surface area contributed by atoms with Crippen molar-refractivity contribution >= 4 is 5.91 Å². The Labute approximate surface area is 101 Å². The molecule has 6 heteroatoms. The van der Waals surface area contributed by atoms with Crippen LogP contribution >= 0.6 is 0 Å². The van der Waals surface area contributed by atoms with Crippen molar-refractivity contribution in [1.29, 1.82) is 0 Å². The Morgan fingerprint density at radius 2 is 2.24 bits per heavy atom. The Bertz CT molecular complexity index is 338. The number of aromatic amines is 1. The van der Waals surface area contributed by atoms with Gasteiger partial charge in [0.15, 0.2) is 0 Å². The summed E-state index contributed by atoms with van der Waals surface area (Å²) < 4.78 is 0. The van der Waals surface area contributed by atoms with Crippen molar-refractivity contribution in [2.45, 2.75) is 39.0 Å². The molecular formula is C11H20N4O2. The summed E-state index contributed by atoms with van der Waals surface area (Å²) in [5.74, 6) is 0.709. The average molecular weight is 240 g/mol. The molecule has 1 aromatic heterocycles. The van der Waals surface area contributed by atoms with Crippen LogP contribution < -0.4 is 5.32 Å². The van der Waals surface area contributed by atoms with Gasteiger partial charge in [-0.15, -0.1) is 5.10 Å². The Kier molecular flexibility index (Phi) is 6.24. The largest absolute Gasteiger partial charge is 0.396 e. The van der Waals surface area contributed by atoms with Crippen LogP contribution in [-0.4, -0.2) is 39.3 Å². The van der Waals surface area contributed by atoms with E-state index in [0.29, 0.717) is 6.54 Å². The van der Waals surface area contributed by atoms with Gasteiger partial charge in [-0.25, -0.2) is 4.98 Å². The molecule has 1 aromatic rings. The zero-order chi connectivity index (χ0) is 12.5. The third kappa shape index (κ3) is 4.95. The topological polar surface area (TPSA) is 90.9 Å². The van der Waals surface area contributed by atoms with Crippen molar-refractivity contribution < 1.29 is 9.90 Å². The third-order valence-electron chi connectivity index (χ3n) is 2.34. The van der Waals surface area contributed by atoms with Gasteiger partial charge in [-0.05, 0) is 25.7 Å². The summed E-state index contributed by atoms with van der Waals surface area (Å²) in [6.07, 6.45) is 4.32. The van der Waals surface area contributed by atoms with Crippen LogP contribution in [0.3, 0.4) is 0 Å². The molecule has 0 aliphatic heterocycles. The standard InChI is InChI=1S/C11H20N4O2/c1-2-6-9-13-10(15-14-9)11(17)12-7-4-3-5-8-16/h16H,2-8H2,1H3,(H,12,17)(H,13,14,15). The van der Waals surface area contributed by atoms with Gasteiger partial charge < -0.3 is 10.4 Å². The second-order valence-corrected chi connectivity index (χ2v) is 3.90. The molecule has 0 saturated carbocycles. The molecule has 0 aromatic carbocycles. The number of nitrogens with zero attached hydrogens (tertiary/aromatic N) is 2. The van der Waals surface area contributed by atoms with Gasteiger partial charge in [0.2, 0.25) is 5.82 Å². The molecule has 0 radical (unpaired) electrons. The van der Waals surface area contributed by atoms with Crippen molar-refractivity contribution in [3.8, 4) is 0 Å². The summed E-state index contributed by atoms with van der Waals surface area (Å²) in [5.41, 5.74) is 0. The number of aromatic nitrogens is 3. The maximum Gasteiger partial charge on any atom is 0.290 e. The minimum atomic E-state index is -0.243. The van der Waals surface area contributed by atoms with Crippen molar-refractivity contribution in [3.63, 3.8) is 0 Å². The van der Waals surface area contributed by atoms with Gasteiger partial charge in [0.1, 0.15) is 5.82 Å². The van der Waals surface area contributed by atoms with E-state index >= 15 is 0 Å². The summed E-state index contributed by atoms with van der Waals surface area (Å²) in [5, 5.41) is 17.9. The highest BCUT2D eigenvalue weighted by Crippen LogP contribution is 1.97. The molecule has 0 spiro atoms. The van der Waals surface area contributed by atoms with E-state index in [1.807, 2.05) is 6.92 Å². The van der Waals surface area contributed by atoms with Crippen molar-refractivity contribution in [3.05, 3.63) is 11.6 Å². The van der Waals surface area contributed by atoms with Crippen molar-refractivity contribution in [2.75, 3.05) is 13.2 Å². The SMILES string of the molecule is CCCc1nc(C(=O)NCCCCCO)n[nH]1. The molecule has 3 N–H and O–H groups in total. The third-order valence-corrected chi connectivity index (χ3v) is 2.34. The molecule has 17 heavy (non-hydrogen) atoms. The number of hydrogen-bond acceptors (Lipinski definition) is 4. The maximum absolute atomic E-state index is 11.6. The zero-order valence-corrected chi connectivity index (χ0v) is 10.2. The molecule has 1 amide bonds. The first-order valence-electron chi connectivity index (χ1n) is 6.08. The van der Waals surface area contributed by atoms with Crippen LogP contribution in [0.4, 0.5) is 0 Å². The Morgan fingerprint density at radius 3 is 2.94 bits per heavy atom. The van der Waals surface area contributed by atoms with Gasteiger partial charge in [-0.1, -0.05) is 6.92 Å². The molecule has 0 saturated heterocycles. The minimum Gasteiger partial charge on any atom is -0.396 e. The zero-order valence-electron chi connectivity index (χ0n) is 10.2. The summed E-state index contributed by atoms with van der Waals surface area (Å²) in [6.45, 7) is 2.84. The van der Waals surface area contributed by atoms with E-state index in [1.165, 1.54) is 0 Å². The monoisotopic (exact) mass is 240 g/mol. The quantitative estimate of drug-likeness (QED) is 0.582. The summed E-state index contributed by atoms with van der Waals surface area (Å²) >= 11 is 0. The smallest absolute Gasteiger partial charge is 0.290 e. The summed E-state index contributed by atoms with van der Waals surface area (Å²) in [7, 11) is 0. The normalized spacial score (nSPS) is 10.5. The van der Waals surface area contributed by atoms with Crippen molar-refractivity contribution in [2.24, 2.45) is 0 Å². The van der Waals surface area contributed by atoms with Crippen molar-refractivity contribution in [1.82, 2.24) is 20.5 Å². The number of unbranched alkanes of at least 4 members (excludes halogenated alkanes) is 2. The first-order valence-corrected chi connectivity index (χ1v) is 6.08. The van der Waals surface area contributed by atoms with Gasteiger partial charge >= 0.3 is 0 Å². The Balaban J connectivity index is 2.26. The first-order chi connectivity index (χ1) is 8.27. The van der Waals surface area contributed by atoms with Gasteiger partial charge in [0.25, 0.3) is 5.91 Å². The van der Waals surface area contributed by atoms with E-state index in [-0.39, 0.29) is 18.3 Å². The fourth-order valence-electron chi connectivity index (χ4n) is 1.44. The van der Waals surface area contributed by atoms with Crippen LogP contribution in [0.5, 0.6) is 0 Å². The molecule has 1 heterocycles. The van der Waals surface area contributed by atoms with Crippen LogP contribution in [0, 0.1) is 0 Å². The van der Waals surface area contributed by atoms with E-state index in [4.69, 9.17) is 5.11 Å². The predicted octanol–water partition coefficient (Wildman–Crippen LogP) is 0.650. The number of aliphatic hydroxyl groups is 1. The number of aliphatic hydroxyl groups excluding tert-OH is 1. The number of hydrogen-bond donors (Lipinski definition) is 3. The molecule has 96 valence electrons. The number of carbonyl (C=O) groups is 1. The second-order valence-electron chi connectivity index (χ2n) is 3.90. The molecule has 0 unspecified atom stereocenters. The van der Waals surface area contributed by atoms with Gasteiger partial charge in [-0.3, -0.25) is 9.89 Å². The van der Waals surface area contributed by atoms with E-state index in [1.54, 1.807) is 0 Å². The lowest BCUT2D eigenvalue weighted by atomic mass is 10.2. The van der Waals surface area contributed by atoms with E-state index < -0.39 is 0 Å². The number of aryl methyl sites for hydroxylation is 1. The van der Waals surface area contributed by atoms with Crippen LogP contribution in [0.1, 0.15) is 49.1 Å². The Morgan fingerprint density at radius 1 is 1.41 bits per heavy atom. The van der Waals surface area contributed by atoms with E-state index in [2.05, 4.69) is 20.5 Å². The molecule has 1 rings (SSSR count). The van der Waals surface area contributed by atoms with Crippen LogP contribution in [0.2, 0.25) is 0 Å². The van der Waals surface area contributed by atoms with Gasteiger partial charge in [0, 0.05) is 19.6 Å². The lowest BCUT2D eigenvalue weighted by Crippen LogP contribution is -2.25. The summed E-state index contributed by atoms with van der Waals surface area (Å²) in [4.78, 5) is 15.7. The second kappa shape index (κ2) is 7.78. The number of H-pyrrole nitrogens is 1. The highest BCUT2D eigenvalue weighted by Gasteiger charge is 2.10. The number of amides is 1. The van der Waals surface area contributed by atoms with Crippen LogP contribution in [0.15, 0.2) is 0 Å². The lowest BCUT2D eigenvalue weighted by molar-refractivity contribution is 0.0943. The average Bonchev–Trinajstić information content (AvgIpc) is 2.78. The van der Waals surface area contributed by atoms with Gasteiger partial charge in [0.05, 0.1) is 0 Å². The maximum atomic E-state index is 11.6. The number of rotatable bonds is 8. The van der Waals surface area contributed by atoms with E-state index in [9.17, 15) is 4.79 Å². The molecule has 0 fully saturated rings.